The average molecular weight is 350 g/mol. The van der Waals surface area contributed by atoms with Crippen molar-refractivity contribution in [2.24, 2.45) is 5.92 Å². The van der Waals surface area contributed by atoms with Crippen LogP contribution in [-0.2, 0) is 9.59 Å². The Kier molecular flexibility index (Phi) is 6.57. The minimum Gasteiger partial charge on any atom is -0.303 e. The molecule has 0 aromatic heterocycles. The Bertz CT molecular complexity index is 521. The lowest BCUT2D eigenvalue weighted by atomic mass is 9.79. The third-order valence-electron chi connectivity index (χ3n) is 5.37. The highest BCUT2D eigenvalue weighted by Gasteiger charge is 2.49. The van der Waals surface area contributed by atoms with Crippen molar-refractivity contribution in [3.05, 3.63) is 12.2 Å². The number of carbonyl (C=O) groups is 2. The van der Waals surface area contributed by atoms with Crippen LogP contribution in [0, 0.1) is 5.92 Å². The number of hydrogen-bond acceptors (Lipinski definition) is 5. The molecule has 142 valence electrons. The molecule has 0 amide bonds. The van der Waals surface area contributed by atoms with Gasteiger partial charge in [0.2, 0.25) is 0 Å². The van der Waals surface area contributed by atoms with Crippen molar-refractivity contribution in [3.63, 3.8) is 0 Å². The number of Topliss-reactive ketones (excluding diaryl/α,β-unsaturated/α-hetero) is 2. The fourth-order valence-corrected chi connectivity index (χ4v) is 4.04. The van der Waals surface area contributed by atoms with Gasteiger partial charge in [-0.15, -0.1) is 0 Å². The highest BCUT2D eigenvalue weighted by Crippen LogP contribution is 2.26. The van der Waals surface area contributed by atoms with Crippen molar-refractivity contribution in [2.45, 2.75) is 71.0 Å². The molecule has 1 atom stereocenters. The summed E-state index contributed by atoms with van der Waals surface area (Å²) in [5.41, 5.74) is -1.11. The maximum absolute atomic E-state index is 13.0. The van der Waals surface area contributed by atoms with E-state index in [1.165, 1.54) is 0 Å². The second-order valence-corrected chi connectivity index (χ2v) is 8.54. The zero-order valence-electron chi connectivity index (χ0n) is 16.5. The van der Waals surface area contributed by atoms with Gasteiger partial charge in [0.15, 0.2) is 11.6 Å². The van der Waals surface area contributed by atoms with Crippen LogP contribution < -0.4 is 10.6 Å². The molecular weight excluding hydrogens is 314 g/mol. The molecule has 1 saturated heterocycles. The van der Waals surface area contributed by atoms with Crippen LogP contribution in [-0.4, -0.2) is 59.8 Å². The SMILES string of the molecule is CC(C)N[C@@]1(C)CCCC=CCN2CC(C(=O)C(C)C)(C2)NCC1=O. The highest BCUT2D eigenvalue weighted by atomic mass is 16.1. The minimum absolute atomic E-state index is 0.0313. The molecule has 0 spiro atoms. The number of rotatable bonds is 4. The molecule has 0 aromatic rings. The van der Waals surface area contributed by atoms with Crippen molar-refractivity contribution in [1.82, 2.24) is 15.5 Å². The van der Waals surface area contributed by atoms with Gasteiger partial charge in [-0.1, -0.05) is 26.0 Å². The maximum Gasteiger partial charge on any atom is 0.166 e. The van der Waals surface area contributed by atoms with E-state index in [0.29, 0.717) is 13.1 Å². The van der Waals surface area contributed by atoms with Crippen LogP contribution >= 0.6 is 0 Å². The molecule has 5 nitrogen and oxygen atoms in total. The number of allylic oxidation sites excluding steroid dienone is 1. The van der Waals surface area contributed by atoms with Gasteiger partial charge in [0.05, 0.1) is 12.1 Å². The summed E-state index contributed by atoms with van der Waals surface area (Å²) < 4.78 is 0. The molecule has 5 heteroatoms. The number of carbonyl (C=O) groups excluding carboxylic acids is 2. The number of hydrogen-bond donors (Lipinski definition) is 2. The average Bonchev–Trinajstić information content (AvgIpc) is 2.50. The zero-order valence-corrected chi connectivity index (χ0v) is 16.5. The standard InChI is InChI=1S/C20H35N3O2/c1-15(2)18(25)20-13-23(14-20)11-9-7-6-8-10-19(5,22-16(3)4)17(24)12-21-20/h7,9,15-16,21-22H,6,8,10-14H2,1-5H3/t19-/m0/s1. The van der Waals surface area contributed by atoms with Crippen LogP contribution in [0.1, 0.15) is 53.9 Å². The molecule has 0 radical (unpaired) electrons. The van der Waals surface area contributed by atoms with Gasteiger partial charge < -0.3 is 5.32 Å². The Labute approximate surface area is 152 Å². The summed E-state index contributed by atoms with van der Waals surface area (Å²) in [5, 5.41) is 6.81. The molecule has 0 aromatic carbocycles. The van der Waals surface area contributed by atoms with Gasteiger partial charge in [0, 0.05) is 31.6 Å². The van der Waals surface area contributed by atoms with Crippen LogP contribution in [0.15, 0.2) is 12.2 Å². The zero-order chi connectivity index (χ0) is 18.7. The van der Waals surface area contributed by atoms with Crippen molar-refractivity contribution in [3.8, 4) is 0 Å². The fourth-order valence-electron chi connectivity index (χ4n) is 4.04. The van der Waals surface area contributed by atoms with Gasteiger partial charge >= 0.3 is 0 Å². The Morgan fingerprint density at radius 3 is 2.52 bits per heavy atom. The van der Waals surface area contributed by atoms with Gasteiger partial charge in [0.1, 0.15) is 5.54 Å². The smallest absolute Gasteiger partial charge is 0.166 e. The van der Waals surface area contributed by atoms with Crippen LogP contribution in [0.25, 0.3) is 0 Å². The van der Waals surface area contributed by atoms with E-state index < -0.39 is 11.1 Å². The second kappa shape index (κ2) is 8.11. The summed E-state index contributed by atoms with van der Waals surface area (Å²) in [6.07, 6.45) is 7.17. The predicted molar refractivity (Wildman–Crippen MR) is 102 cm³/mol. The van der Waals surface area contributed by atoms with Crippen molar-refractivity contribution < 1.29 is 9.59 Å². The third-order valence-corrected chi connectivity index (χ3v) is 5.37. The normalized spacial score (nSPS) is 34.2. The summed E-state index contributed by atoms with van der Waals surface area (Å²) in [6, 6.07) is 0.241. The van der Waals surface area contributed by atoms with Gasteiger partial charge in [-0.25, -0.2) is 0 Å². The first-order chi connectivity index (χ1) is 11.7. The van der Waals surface area contributed by atoms with E-state index in [9.17, 15) is 9.59 Å². The molecule has 25 heavy (non-hydrogen) atoms. The Balaban J connectivity index is 2.19. The molecule has 3 heterocycles. The molecular formula is C20H35N3O2. The van der Waals surface area contributed by atoms with Gasteiger partial charge in [-0.2, -0.15) is 0 Å². The van der Waals surface area contributed by atoms with Crippen molar-refractivity contribution >= 4 is 11.6 Å². The van der Waals surface area contributed by atoms with Gasteiger partial charge in [-0.05, 0) is 40.0 Å². The molecule has 2 N–H and O–H groups in total. The van der Waals surface area contributed by atoms with E-state index in [-0.39, 0.29) is 30.1 Å². The van der Waals surface area contributed by atoms with Crippen LogP contribution in [0.5, 0.6) is 0 Å². The molecule has 3 rings (SSSR count). The molecule has 3 aliphatic rings. The Hall–Kier alpha value is -1.04. The van der Waals surface area contributed by atoms with Gasteiger partial charge in [-0.3, -0.25) is 19.8 Å². The number of nitrogens with zero attached hydrogens (tertiary/aromatic N) is 1. The van der Waals surface area contributed by atoms with E-state index in [1.807, 2.05) is 20.8 Å². The lowest BCUT2D eigenvalue weighted by molar-refractivity contribution is -0.136. The topological polar surface area (TPSA) is 61.4 Å². The molecule has 0 saturated carbocycles. The molecule has 0 unspecified atom stereocenters. The van der Waals surface area contributed by atoms with E-state index in [0.717, 1.165) is 25.8 Å². The first kappa shape index (κ1) is 20.3. The first-order valence-corrected chi connectivity index (χ1v) is 9.66. The van der Waals surface area contributed by atoms with E-state index >= 15 is 0 Å². The summed E-state index contributed by atoms with van der Waals surface area (Å²) in [6.45, 7) is 12.5. The lowest BCUT2D eigenvalue weighted by Crippen LogP contribution is -2.74. The maximum atomic E-state index is 13.0. The minimum atomic E-state index is -0.565. The van der Waals surface area contributed by atoms with E-state index in [2.05, 4.69) is 41.5 Å². The van der Waals surface area contributed by atoms with E-state index in [4.69, 9.17) is 0 Å². The summed E-state index contributed by atoms with van der Waals surface area (Å²) in [4.78, 5) is 28.0. The van der Waals surface area contributed by atoms with Gasteiger partial charge in [0.25, 0.3) is 0 Å². The van der Waals surface area contributed by atoms with Crippen LogP contribution in [0.3, 0.4) is 0 Å². The van der Waals surface area contributed by atoms with Crippen LogP contribution in [0.4, 0.5) is 0 Å². The highest BCUT2D eigenvalue weighted by molar-refractivity contribution is 5.94. The third kappa shape index (κ3) is 4.78. The Morgan fingerprint density at radius 1 is 1.24 bits per heavy atom. The largest absolute Gasteiger partial charge is 0.303 e. The summed E-state index contributed by atoms with van der Waals surface area (Å²) in [5.74, 6) is 0.337. The molecule has 0 aliphatic carbocycles. The quantitative estimate of drug-likeness (QED) is 0.760. The Morgan fingerprint density at radius 2 is 1.92 bits per heavy atom. The first-order valence-electron chi connectivity index (χ1n) is 9.66. The number of ketones is 2. The predicted octanol–water partition coefficient (Wildman–Crippen LogP) is 1.92. The second-order valence-electron chi connectivity index (χ2n) is 8.54. The number of fused-ring (bicyclic) bond motifs is 8. The van der Waals surface area contributed by atoms with Crippen molar-refractivity contribution in [2.75, 3.05) is 26.2 Å². The van der Waals surface area contributed by atoms with Crippen molar-refractivity contribution in [1.29, 1.82) is 0 Å². The monoisotopic (exact) mass is 349 g/mol. The summed E-state index contributed by atoms with van der Waals surface area (Å²) >= 11 is 0. The fraction of sp³-hybridized carbons (Fsp3) is 0.800. The molecule has 3 aliphatic heterocycles. The lowest BCUT2D eigenvalue weighted by Gasteiger charge is -2.50. The summed E-state index contributed by atoms with van der Waals surface area (Å²) in [7, 11) is 0. The molecule has 2 bridgehead atoms. The van der Waals surface area contributed by atoms with Crippen LogP contribution in [0.2, 0.25) is 0 Å². The van der Waals surface area contributed by atoms with E-state index in [1.54, 1.807) is 0 Å². The number of nitrogens with one attached hydrogen (secondary N) is 2. The molecule has 1 fully saturated rings.